The molecule has 1 fully saturated rings. The predicted octanol–water partition coefficient (Wildman–Crippen LogP) is 2.33. The molecule has 9 heteroatoms. The molecule has 3 heterocycles. The van der Waals surface area contributed by atoms with Crippen LogP contribution in [0.25, 0.3) is 0 Å². The van der Waals surface area contributed by atoms with Crippen molar-refractivity contribution in [1.82, 2.24) is 25.2 Å². The van der Waals surface area contributed by atoms with E-state index in [-0.39, 0.29) is 30.4 Å². The molecule has 172 valence electrons. The van der Waals surface area contributed by atoms with E-state index in [4.69, 9.17) is 9.47 Å². The van der Waals surface area contributed by atoms with Crippen LogP contribution in [0.5, 0.6) is 5.75 Å². The Morgan fingerprint density at radius 1 is 1.22 bits per heavy atom. The molecule has 1 atom stereocenters. The molecule has 9 nitrogen and oxygen atoms in total. The molecule has 1 aromatic heterocycles. The molecule has 32 heavy (non-hydrogen) atoms. The first kappa shape index (κ1) is 22.3. The zero-order valence-electron chi connectivity index (χ0n) is 18.7. The minimum absolute atomic E-state index is 0.0291. The Morgan fingerprint density at radius 3 is 2.66 bits per heavy atom. The van der Waals surface area contributed by atoms with Crippen molar-refractivity contribution in [2.24, 2.45) is 5.92 Å². The van der Waals surface area contributed by atoms with Crippen molar-refractivity contribution in [3.63, 3.8) is 0 Å². The summed E-state index contributed by atoms with van der Waals surface area (Å²) in [6.45, 7) is 4.70. The molecule has 2 aliphatic heterocycles. The number of methoxy groups -OCH3 is 1. The van der Waals surface area contributed by atoms with Crippen molar-refractivity contribution in [2.45, 2.75) is 51.9 Å². The van der Waals surface area contributed by atoms with Crippen LogP contribution in [0, 0.1) is 5.92 Å². The van der Waals surface area contributed by atoms with Crippen LogP contribution in [0.3, 0.4) is 0 Å². The number of carbonyl (C=O) groups is 2. The van der Waals surface area contributed by atoms with Crippen molar-refractivity contribution in [1.29, 1.82) is 0 Å². The van der Waals surface area contributed by atoms with E-state index in [2.05, 4.69) is 22.6 Å². The molecular weight excluding hydrogens is 410 g/mol. The SMILES string of the molecule is CCCCNC(=O)C1CCN(C(=O)c2nnn3c2COC(c2ccc(OC)cc2)C3)CC1. The summed E-state index contributed by atoms with van der Waals surface area (Å²) in [7, 11) is 1.64. The Kier molecular flexibility index (Phi) is 7.04. The molecular formula is C23H31N5O4. The first-order valence-electron chi connectivity index (χ1n) is 11.4. The van der Waals surface area contributed by atoms with Gasteiger partial charge in [0.15, 0.2) is 5.69 Å². The number of aromatic nitrogens is 3. The first-order chi connectivity index (χ1) is 15.6. The Hall–Kier alpha value is -2.94. The molecule has 0 radical (unpaired) electrons. The highest BCUT2D eigenvalue weighted by molar-refractivity contribution is 5.93. The van der Waals surface area contributed by atoms with Gasteiger partial charge in [-0.3, -0.25) is 9.59 Å². The highest BCUT2D eigenvalue weighted by Gasteiger charge is 2.33. The number of nitrogens with one attached hydrogen (secondary N) is 1. The Bertz CT molecular complexity index is 934. The van der Waals surface area contributed by atoms with Gasteiger partial charge in [-0.1, -0.05) is 30.7 Å². The zero-order valence-corrected chi connectivity index (χ0v) is 18.7. The maximum atomic E-state index is 13.1. The molecule has 4 rings (SSSR count). The number of hydrogen-bond acceptors (Lipinski definition) is 6. The number of rotatable bonds is 7. The van der Waals surface area contributed by atoms with Gasteiger partial charge < -0.3 is 19.7 Å². The van der Waals surface area contributed by atoms with E-state index in [9.17, 15) is 9.59 Å². The van der Waals surface area contributed by atoms with Gasteiger partial charge in [0, 0.05) is 25.6 Å². The lowest BCUT2D eigenvalue weighted by Crippen LogP contribution is -2.43. The molecule has 2 amide bonds. The Morgan fingerprint density at radius 2 is 1.97 bits per heavy atom. The van der Waals surface area contributed by atoms with Gasteiger partial charge in [0.05, 0.1) is 26.0 Å². The van der Waals surface area contributed by atoms with Crippen LogP contribution >= 0.6 is 0 Å². The van der Waals surface area contributed by atoms with Gasteiger partial charge in [0.1, 0.15) is 11.9 Å². The first-order valence-corrected chi connectivity index (χ1v) is 11.4. The molecule has 0 spiro atoms. The molecule has 0 saturated carbocycles. The lowest BCUT2D eigenvalue weighted by molar-refractivity contribution is -0.126. The van der Waals surface area contributed by atoms with Gasteiger partial charge in [-0.05, 0) is 37.0 Å². The van der Waals surface area contributed by atoms with Crippen molar-refractivity contribution in [3.8, 4) is 5.75 Å². The quantitative estimate of drug-likeness (QED) is 0.662. The standard InChI is InChI=1S/C23H31N5O4/c1-3-4-11-24-22(29)17-9-12-27(13-10-17)23(30)21-19-15-32-20(14-28(19)26-25-21)16-5-7-18(31-2)8-6-16/h5-8,17,20H,3-4,9-15H2,1-2H3,(H,24,29). The van der Waals surface area contributed by atoms with Crippen LogP contribution in [-0.2, 0) is 22.7 Å². The number of benzene rings is 1. The number of nitrogens with zero attached hydrogens (tertiary/aromatic N) is 4. The number of fused-ring (bicyclic) bond motifs is 1. The van der Waals surface area contributed by atoms with Gasteiger partial charge in [0.2, 0.25) is 5.91 Å². The zero-order chi connectivity index (χ0) is 22.5. The van der Waals surface area contributed by atoms with Crippen LogP contribution < -0.4 is 10.1 Å². The number of carbonyl (C=O) groups excluding carboxylic acids is 2. The number of hydrogen-bond donors (Lipinski definition) is 1. The lowest BCUT2D eigenvalue weighted by atomic mass is 9.95. The molecule has 1 unspecified atom stereocenters. The van der Waals surface area contributed by atoms with E-state index < -0.39 is 0 Å². The smallest absolute Gasteiger partial charge is 0.276 e. The molecule has 2 aliphatic rings. The molecule has 0 aliphatic carbocycles. The summed E-state index contributed by atoms with van der Waals surface area (Å²) in [5, 5.41) is 11.4. The van der Waals surface area contributed by atoms with Crippen LogP contribution in [-0.4, -0.2) is 58.5 Å². The number of unbranched alkanes of at least 4 members (excludes halogenated alkanes) is 1. The average molecular weight is 442 g/mol. The second-order valence-corrected chi connectivity index (χ2v) is 8.35. The third-order valence-electron chi connectivity index (χ3n) is 6.27. The third kappa shape index (κ3) is 4.77. The van der Waals surface area contributed by atoms with Crippen molar-refractivity contribution >= 4 is 11.8 Å². The van der Waals surface area contributed by atoms with Crippen LogP contribution in [0.2, 0.25) is 0 Å². The molecule has 0 bridgehead atoms. The van der Waals surface area contributed by atoms with Gasteiger partial charge in [0.25, 0.3) is 5.91 Å². The predicted molar refractivity (Wildman–Crippen MR) is 117 cm³/mol. The number of amides is 2. The number of likely N-dealkylation sites (tertiary alicyclic amines) is 1. The second-order valence-electron chi connectivity index (χ2n) is 8.35. The Labute approximate surface area is 188 Å². The molecule has 1 saturated heterocycles. The van der Waals surface area contributed by atoms with Gasteiger partial charge >= 0.3 is 0 Å². The van der Waals surface area contributed by atoms with Crippen LogP contribution in [0.1, 0.15) is 60.5 Å². The fraction of sp³-hybridized carbons (Fsp3) is 0.565. The minimum Gasteiger partial charge on any atom is -0.497 e. The largest absolute Gasteiger partial charge is 0.497 e. The summed E-state index contributed by atoms with van der Waals surface area (Å²) < 4.78 is 13.0. The number of ether oxygens (including phenoxy) is 2. The number of piperidine rings is 1. The minimum atomic E-state index is -0.153. The van der Waals surface area contributed by atoms with Gasteiger partial charge in [-0.25, -0.2) is 4.68 Å². The van der Waals surface area contributed by atoms with Crippen LogP contribution in [0.4, 0.5) is 0 Å². The van der Waals surface area contributed by atoms with E-state index in [0.717, 1.165) is 30.7 Å². The summed E-state index contributed by atoms with van der Waals surface area (Å²) in [6, 6.07) is 7.75. The Balaban J connectivity index is 1.34. The summed E-state index contributed by atoms with van der Waals surface area (Å²) in [6.07, 6.45) is 3.23. The summed E-state index contributed by atoms with van der Waals surface area (Å²) in [4.78, 5) is 27.1. The highest BCUT2D eigenvalue weighted by Crippen LogP contribution is 2.29. The summed E-state index contributed by atoms with van der Waals surface area (Å²) in [5.74, 6) is 0.728. The van der Waals surface area contributed by atoms with E-state index in [1.807, 2.05) is 24.3 Å². The molecule has 2 aromatic rings. The second kappa shape index (κ2) is 10.1. The summed E-state index contributed by atoms with van der Waals surface area (Å²) >= 11 is 0. The van der Waals surface area contributed by atoms with Crippen molar-refractivity contribution in [3.05, 3.63) is 41.2 Å². The van der Waals surface area contributed by atoms with Crippen LogP contribution in [0.15, 0.2) is 24.3 Å². The van der Waals surface area contributed by atoms with Crippen molar-refractivity contribution < 1.29 is 19.1 Å². The van der Waals surface area contributed by atoms with E-state index in [1.165, 1.54) is 0 Å². The third-order valence-corrected chi connectivity index (χ3v) is 6.27. The maximum Gasteiger partial charge on any atom is 0.276 e. The summed E-state index contributed by atoms with van der Waals surface area (Å²) in [5.41, 5.74) is 2.09. The fourth-order valence-electron chi connectivity index (χ4n) is 4.23. The van der Waals surface area contributed by atoms with E-state index in [0.29, 0.717) is 43.9 Å². The van der Waals surface area contributed by atoms with E-state index in [1.54, 1.807) is 16.7 Å². The average Bonchev–Trinajstić information content (AvgIpc) is 3.27. The monoisotopic (exact) mass is 441 g/mol. The normalized spacial score (nSPS) is 18.8. The lowest BCUT2D eigenvalue weighted by Gasteiger charge is -2.31. The maximum absolute atomic E-state index is 13.1. The van der Waals surface area contributed by atoms with Gasteiger partial charge in [-0.15, -0.1) is 5.10 Å². The van der Waals surface area contributed by atoms with E-state index >= 15 is 0 Å². The van der Waals surface area contributed by atoms with Crippen molar-refractivity contribution in [2.75, 3.05) is 26.7 Å². The van der Waals surface area contributed by atoms with Gasteiger partial charge in [-0.2, -0.15) is 0 Å². The highest BCUT2D eigenvalue weighted by atomic mass is 16.5. The topological polar surface area (TPSA) is 98.6 Å². The molecule has 1 N–H and O–H groups in total. The molecule has 1 aromatic carbocycles. The fourth-order valence-corrected chi connectivity index (χ4v) is 4.23.